The zero-order valence-corrected chi connectivity index (χ0v) is 19.6. The van der Waals surface area contributed by atoms with Crippen LogP contribution in [0.3, 0.4) is 0 Å². The highest BCUT2D eigenvalue weighted by atomic mass is 35.5. The molecule has 8 nitrogen and oxygen atoms in total. The van der Waals surface area contributed by atoms with Crippen LogP contribution in [0.15, 0.2) is 74.0 Å². The van der Waals surface area contributed by atoms with E-state index in [2.05, 4.69) is 21.5 Å². The molecule has 0 aliphatic heterocycles. The lowest BCUT2D eigenvalue weighted by Crippen LogP contribution is -2.22. The Bertz CT molecular complexity index is 1570. The van der Waals surface area contributed by atoms with Gasteiger partial charge in [0.1, 0.15) is 30.5 Å². The van der Waals surface area contributed by atoms with Gasteiger partial charge in [0.15, 0.2) is 0 Å². The Morgan fingerprint density at radius 1 is 1.14 bits per heavy atom. The van der Waals surface area contributed by atoms with Crippen molar-refractivity contribution in [1.29, 1.82) is 10.7 Å². The van der Waals surface area contributed by atoms with E-state index in [-0.39, 0.29) is 35.2 Å². The van der Waals surface area contributed by atoms with Gasteiger partial charge >= 0.3 is 6.18 Å². The molecule has 12 heteroatoms. The minimum atomic E-state index is -4.65. The van der Waals surface area contributed by atoms with Crippen LogP contribution in [0.2, 0.25) is 5.02 Å². The van der Waals surface area contributed by atoms with E-state index < -0.39 is 16.8 Å². The lowest BCUT2D eigenvalue weighted by Gasteiger charge is -2.13. The van der Waals surface area contributed by atoms with Crippen LogP contribution in [0.1, 0.15) is 22.3 Å². The molecule has 0 unspecified atom stereocenters. The molecule has 0 saturated carbocycles. The predicted octanol–water partition coefficient (Wildman–Crippen LogP) is 5.59. The van der Waals surface area contributed by atoms with Crippen LogP contribution in [-0.2, 0) is 12.8 Å². The maximum Gasteiger partial charge on any atom is 0.417 e. The molecule has 0 saturated heterocycles. The van der Waals surface area contributed by atoms with Crippen molar-refractivity contribution in [2.75, 3.05) is 0 Å². The van der Waals surface area contributed by atoms with Crippen molar-refractivity contribution in [3.63, 3.8) is 0 Å². The fraction of sp³-hybridized carbons (Fsp3) is 0.0800. The number of nitrogens with zero attached hydrogens (tertiary/aromatic N) is 5. The average molecular weight is 525 g/mol. The summed E-state index contributed by atoms with van der Waals surface area (Å²) in [4.78, 5) is 12.0. The molecule has 0 fully saturated rings. The molecule has 0 radical (unpaired) electrons. The van der Waals surface area contributed by atoms with Gasteiger partial charge in [0, 0.05) is 30.2 Å². The summed E-state index contributed by atoms with van der Waals surface area (Å²) in [6.07, 6.45) is 1.43. The molecule has 0 bridgehead atoms. The van der Waals surface area contributed by atoms with Gasteiger partial charge in [-0.3, -0.25) is 9.98 Å². The van der Waals surface area contributed by atoms with E-state index >= 15 is 0 Å². The first-order valence-corrected chi connectivity index (χ1v) is 10.8. The van der Waals surface area contributed by atoms with Crippen molar-refractivity contribution in [3.05, 3.63) is 107 Å². The van der Waals surface area contributed by atoms with E-state index in [1.165, 1.54) is 29.1 Å². The first-order valence-electron chi connectivity index (χ1n) is 10.4. The minimum absolute atomic E-state index is 0.0120. The van der Waals surface area contributed by atoms with E-state index in [0.717, 1.165) is 12.1 Å². The number of benzene rings is 2. The number of halogens is 4. The summed E-state index contributed by atoms with van der Waals surface area (Å²) in [6, 6.07) is 11.2. The van der Waals surface area contributed by atoms with Crippen molar-refractivity contribution in [3.8, 4) is 23.4 Å². The minimum Gasteiger partial charge on any atom is -0.473 e. The Morgan fingerprint density at radius 2 is 1.89 bits per heavy atom. The molecule has 2 aromatic carbocycles. The summed E-state index contributed by atoms with van der Waals surface area (Å²) in [7, 11) is 0. The van der Waals surface area contributed by atoms with Gasteiger partial charge in [-0.05, 0) is 35.9 Å². The first-order chi connectivity index (χ1) is 17.7. The standard InChI is InChI=1S/C25H16ClF3N6O2/c1-15(18-11-32-14-33-12-18)35-7-6-23(34-24(35)31)36-13-16-2-5-22(17(8-16)10-30)37-19-3-4-21(26)20(9-19)25(27,28)29/h2-9,11-12,14,31H,1,13H2. The molecule has 4 rings (SSSR count). The molecule has 186 valence electrons. The first kappa shape index (κ1) is 25.4. The van der Waals surface area contributed by atoms with Gasteiger partial charge in [0.2, 0.25) is 11.5 Å². The van der Waals surface area contributed by atoms with Gasteiger partial charge in [-0.1, -0.05) is 24.2 Å². The number of hydrogen-bond donors (Lipinski definition) is 1. The van der Waals surface area contributed by atoms with Crippen LogP contribution in [0.25, 0.3) is 5.70 Å². The second-order valence-electron chi connectivity index (χ2n) is 7.51. The van der Waals surface area contributed by atoms with E-state index in [4.69, 9.17) is 26.5 Å². The number of hydrogen-bond acceptors (Lipinski definition) is 7. The van der Waals surface area contributed by atoms with Crippen LogP contribution in [0.5, 0.6) is 17.4 Å². The van der Waals surface area contributed by atoms with Crippen molar-refractivity contribution in [2.24, 2.45) is 0 Å². The van der Waals surface area contributed by atoms with Gasteiger partial charge in [-0.15, -0.1) is 0 Å². The Labute approximate surface area is 213 Å². The maximum absolute atomic E-state index is 13.1. The topological polar surface area (TPSA) is 110 Å². The summed E-state index contributed by atoms with van der Waals surface area (Å²) in [5.74, 6) is 0.112. The predicted molar refractivity (Wildman–Crippen MR) is 127 cm³/mol. The summed E-state index contributed by atoms with van der Waals surface area (Å²) in [5.41, 5.74) is 0.575. The lowest BCUT2D eigenvalue weighted by atomic mass is 10.1. The van der Waals surface area contributed by atoms with E-state index in [9.17, 15) is 18.4 Å². The van der Waals surface area contributed by atoms with Crippen LogP contribution in [0.4, 0.5) is 13.2 Å². The Morgan fingerprint density at radius 3 is 2.57 bits per heavy atom. The molecule has 4 aromatic rings. The SMILES string of the molecule is C=C(c1cncnc1)n1ccc(OCc2ccc(Oc3ccc(Cl)c(C(F)(F)F)c3)c(C#N)c2)nc1=N. The van der Waals surface area contributed by atoms with Gasteiger partial charge in [0.05, 0.1) is 21.8 Å². The van der Waals surface area contributed by atoms with Crippen LogP contribution < -0.4 is 15.1 Å². The molecular formula is C25H16ClF3N6O2. The van der Waals surface area contributed by atoms with Gasteiger partial charge in [-0.2, -0.15) is 23.4 Å². The number of aromatic nitrogens is 4. The Balaban J connectivity index is 1.47. The fourth-order valence-corrected chi connectivity index (χ4v) is 3.43. The van der Waals surface area contributed by atoms with Gasteiger partial charge in [0.25, 0.3) is 0 Å². The van der Waals surface area contributed by atoms with Crippen LogP contribution in [-0.4, -0.2) is 19.5 Å². The lowest BCUT2D eigenvalue weighted by molar-refractivity contribution is -0.137. The summed E-state index contributed by atoms with van der Waals surface area (Å²) in [6.45, 7) is 3.95. The van der Waals surface area contributed by atoms with Gasteiger partial charge in [-0.25, -0.2) is 9.97 Å². The molecule has 0 aliphatic carbocycles. The molecule has 0 aliphatic rings. The Hall–Kier alpha value is -4.69. The number of nitrogens with one attached hydrogen (secondary N) is 1. The highest BCUT2D eigenvalue weighted by Crippen LogP contribution is 2.38. The second kappa shape index (κ2) is 10.5. The third-order valence-corrected chi connectivity index (χ3v) is 5.35. The summed E-state index contributed by atoms with van der Waals surface area (Å²) >= 11 is 5.64. The molecule has 0 atom stereocenters. The fourth-order valence-electron chi connectivity index (χ4n) is 3.20. The highest BCUT2D eigenvalue weighted by molar-refractivity contribution is 6.31. The average Bonchev–Trinajstić information content (AvgIpc) is 2.88. The van der Waals surface area contributed by atoms with E-state index in [1.54, 1.807) is 30.7 Å². The zero-order valence-electron chi connectivity index (χ0n) is 18.8. The second-order valence-corrected chi connectivity index (χ2v) is 7.91. The number of alkyl halides is 3. The molecule has 0 spiro atoms. The number of rotatable bonds is 7. The van der Waals surface area contributed by atoms with Gasteiger partial charge < -0.3 is 9.47 Å². The summed E-state index contributed by atoms with van der Waals surface area (Å²) < 4.78 is 52.0. The zero-order chi connectivity index (χ0) is 26.6. The van der Waals surface area contributed by atoms with Crippen molar-refractivity contribution in [2.45, 2.75) is 12.8 Å². The highest BCUT2D eigenvalue weighted by Gasteiger charge is 2.33. The smallest absolute Gasteiger partial charge is 0.417 e. The third kappa shape index (κ3) is 5.94. The quantitative estimate of drug-likeness (QED) is 0.337. The number of nitriles is 1. The van der Waals surface area contributed by atoms with Crippen molar-refractivity contribution >= 4 is 17.3 Å². The molecular weight excluding hydrogens is 509 g/mol. The molecule has 37 heavy (non-hydrogen) atoms. The molecule has 0 amide bonds. The van der Waals surface area contributed by atoms with Crippen LogP contribution in [0, 0.1) is 16.7 Å². The van der Waals surface area contributed by atoms with E-state index in [0.29, 0.717) is 16.8 Å². The van der Waals surface area contributed by atoms with Crippen LogP contribution >= 0.6 is 11.6 Å². The maximum atomic E-state index is 13.1. The largest absolute Gasteiger partial charge is 0.473 e. The third-order valence-electron chi connectivity index (χ3n) is 5.02. The van der Waals surface area contributed by atoms with Crippen molar-refractivity contribution < 1.29 is 22.6 Å². The van der Waals surface area contributed by atoms with E-state index in [1.807, 2.05) is 6.07 Å². The normalized spacial score (nSPS) is 11.0. The number of ether oxygens (including phenoxy) is 2. The molecule has 2 heterocycles. The monoisotopic (exact) mass is 524 g/mol. The Kier molecular flexibility index (Phi) is 7.22. The summed E-state index contributed by atoms with van der Waals surface area (Å²) in [5, 5.41) is 17.2. The van der Waals surface area contributed by atoms with Crippen molar-refractivity contribution in [1.82, 2.24) is 19.5 Å². The molecule has 1 N–H and O–H groups in total. The molecule has 2 aromatic heterocycles.